The summed E-state index contributed by atoms with van der Waals surface area (Å²) >= 11 is 0. The summed E-state index contributed by atoms with van der Waals surface area (Å²) in [4.78, 5) is 24.4. The lowest BCUT2D eigenvalue weighted by Crippen LogP contribution is -2.45. The Bertz CT molecular complexity index is 889. The maximum absolute atomic E-state index is 12.4. The number of carbonyl (C=O) groups excluding carboxylic acids is 2. The molecule has 0 rings (SSSR count). The molecule has 0 aromatic rings. The van der Waals surface area contributed by atoms with Crippen LogP contribution in [0, 0.1) is 0 Å². The third-order valence-corrected chi connectivity index (χ3v) is 11.5. The highest BCUT2D eigenvalue weighted by Gasteiger charge is 2.18. The second-order valence-corrected chi connectivity index (χ2v) is 17.1. The average molecular weight is 804 g/mol. The van der Waals surface area contributed by atoms with E-state index in [0.29, 0.717) is 19.4 Å². The lowest BCUT2D eigenvalue weighted by Gasteiger charge is -2.20. The molecule has 6 nitrogen and oxygen atoms in total. The summed E-state index contributed by atoms with van der Waals surface area (Å²) in [5, 5.41) is 23.0. The summed E-state index contributed by atoms with van der Waals surface area (Å²) < 4.78 is 5.44. The highest BCUT2D eigenvalue weighted by molar-refractivity contribution is 5.76. The van der Waals surface area contributed by atoms with Crippen LogP contribution in [0.25, 0.3) is 0 Å². The van der Waals surface area contributed by atoms with Crippen molar-refractivity contribution in [2.75, 3.05) is 13.2 Å². The molecule has 0 spiro atoms. The summed E-state index contributed by atoms with van der Waals surface area (Å²) in [6.07, 6.45) is 54.6. The van der Waals surface area contributed by atoms with E-state index in [1.54, 1.807) is 6.08 Å². The van der Waals surface area contributed by atoms with Crippen molar-refractivity contribution in [3.8, 4) is 0 Å². The van der Waals surface area contributed by atoms with Gasteiger partial charge in [0.15, 0.2) is 0 Å². The Morgan fingerprint density at radius 3 is 1.25 bits per heavy atom. The van der Waals surface area contributed by atoms with E-state index in [9.17, 15) is 19.8 Å². The van der Waals surface area contributed by atoms with Crippen LogP contribution in [-0.2, 0) is 14.3 Å². The molecule has 1 amide bonds. The van der Waals surface area contributed by atoms with Crippen molar-refractivity contribution in [3.63, 3.8) is 0 Å². The van der Waals surface area contributed by atoms with Crippen LogP contribution in [-0.4, -0.2) is 47.4 Å². The minimum absolute atomic E-state index is 0.0305. The van der Waals surface area contributed by atoms with E-state index in [0.717, 1.165) is 83.5 Å². The third kappa shape index (κ3) is 43.7. The van der Waals surface area contributed by atoms with Crippen LogP contribution in [0.5, 0.6) is 0 Å². The van der Waals surface area contributed by atoms with Crippen LogP contribution < -0.4 is 5.32 Å². The summed E-state index contributed by atoms with van der Waals surface area (Å²) in [5.41, 5.74) is 0. The first-order chi connectivity index (χ1) is 28.0. The van der Waals surface area contributed by atoms with Gasteiger partial charge in [0, 0.05) is 12.8 Å². The van der Waals surface area contributed by atoms with Crippen molar-refractivity contribution in [1.82, 2.24) is 5.32 Å². The van der Waals surface area contributed by atoms with Gasteiger partial charge in [-0.25, -0.2) is 0 Å². The topological polar surface area (TPSA) is 95.9 Å². The number of esters is 1. The number of allylic oxidation sites excluding steroid dienone is 3. The highest BCUT2D eigenvalue weighted by atomic mass is 16.5. The van der Waals surface area contributed by atoms with Crippen LogP contribution in [0.4, 0.5) is 0 Å². The Labute approximate surface area is 354 Å². The molecule has 0 saturated heterocycles. The monoisotopic (exact) mass is 804 g/mol. The summed E-state index contributed by atoms with van der Waals surface area (Å²) in [7, 11) is 0. The molecule has 336 valence electrons. The normalized spacial score (nSPS) is 12.8. The van der Waals surface area contributed by atoms with Crippen molar-refractivity contribution in [1.29, 1.82) is 0 Å². The molecular formula is C51H97NO5. The van der Waals surface area contributed by atoms with E-state index in [2.05, 4.69) is 31.3 Å². The van der Waals surface area contributed by atoms with Gasteiger partial charge >= 0.3 is 5.97 Å². The van der Waals surface area contributed by atoms with Crippen LogP contribution in [0.3, 0.4) is 0 Å². The van der Waals surface area contributed by atoms with E-state index in [1.165, 1.54) is 154 Å². The third-order valence-electron chi connectivity index (χ3n) is 11.5. The first kappa shape index (κ1) is 55.3. The quantitative estimate of drug-likeness (QED) is 0.0324. The van der Waals surface area contributed by atoms with E-state index < -0.39 is 12.1 Å². The van der Waals surface area contributed by atoms with Gasteiger partial charge in [-0.1, -0.05) is 218 Å². The van der Waals surface area contributed by atoms with Gasteiger partial charge < -0.3 is 20.3 Å². The summed E-state index contributed by atoms with van der Waals surface area (Å²) in [6, 6.07) is -0.647. The standard InChI is InChI=1S/C51H97NO5/c1-3-5-7-9-11-13-15-17-19-21-25-29-33-37-41-45-51(56)57-46-42-38-34-30-26-22-24-28-32-36-40-44-50(55)52-48(47-53)49(54)43-39-35-31-27-23-20-18-16-14-12-10-8-6-4-2/h26,30,39,43,48-49,53-54H,3-25,27-29,31-38,40-42,44-47H2,1-2H3,(H,52,55)/b30-26-,43-39+. The molecule has 0 aliphatic rings. The Morgan fingerprint density at radius 1 is 0.474 bits per heavy atom. The van der Waals surface area contributed by atoms with Crippen molar-refractivity contribution in [2.45, 2.75) is 276 Å². The van der Waals surface area contributed by atoms with Gasteiger partial charge in [0.25, 0.3) is 0 Å². The molecule has 0 fully saturated rings. The first-order valence-corrected chi connectivity index (χ1v) is 25.1. The SMILES string of the molecule is CCCCCCCCCCCCCC/C=C/C(O)C(CO)NC(=O)CCCCCCC/C=C\CCCCOC(=O)CCCCCCCCCCCCCCCCC. The van der Waals surface area contributed by atoms with Crippen LogP contribution in [0.15, 0.2) is 24.3 Å². The maximum Gasteiger partial charge on any atom is 0.305 e. The number of amides is 1. The first-order valence-electron chi connectivity index (χ1n) is 25.1. The molecular weight excluding hydrogens is 707 g/mol. The molecule has 2 atom stereocenters. The lowest BCUT2D eigenvalue weighted by atomic mass is 10.0. The molecule has 6 heteroatoms. The number of aliphatic hydroxyl groups is 2. The molecule has 3 N–H and O–H groups in total. The van der Waals surface area contributed by atoms with E-state index in [-0.39, 0.29) is 18.5 Å². The second-order valence-electron chi connectivity index (χ2n) is 17.1. The minimum atomic E-state index is -0.861. The summed E-state index contributed by atoms with van der Waals surface area (Å²) in [6.45, 7) is 4.82. The zero-order valence-corrected chi connectivity index (χ0v) is 38.1. The molecule has 0 radical (unpaired) electrons. The number of hydrogen-bond donors (Lipinski definition) is 3. The Morgan fingerprint density at radius 2 is 0.825 bits per heavy atom. The fraction of sp³-hybridized carbons (Fsp3) is 0.882. The molecule has 0 aliphatic heterocycles. The summed E-state index contributed by atoms with van der Waals surface area (Å²) in [5.74, 6) is -0.127. The van der Waals surface area contributed by atoms with Gasteiger partial charge in [0.2, 0.25) is 5.91 Å². The Balaban J connectivity index is 3.54. The smallest absolute Gasteiger partial charge is 0.305 e. The highest BCUT2D eigenvalue weighted by Crippen LogP contribution is 2.15. The van der Waals surface area contributed by atoms with Crippen molar-refractivity contribution < 1.29 is 24.5 Å². The van der Waals surface area contributed by atoms with Crippen LogP contribution in [0.2, 0.25) is 0 Å². The molecule has 0 saturated carbocycles. The zero-order chi connectivity index (χ0) is 41.5. The molecule has 0 heterocycles. The predicted octanol–water partition coefficient (Wildman–Crippen LogP) is 14.7. The van der Waals surface area contributed by atoms with E-state index in [1.807, 2.05) is 6.08 Å². The fourth-order valence-corrected chi connectivity index (χ4v) is 7.57. The number of hydrogen-bond acceptors (Lipinski definition) is 5. The fourth-order valence-electron chi connectivity index (χ4n) is 7.57. The lowest BCUT2D eigenvalue weighted by molar-refractivity contribution is -0.143. The molecule has 2 unspecified atom stereocenters. The predicted molar refractivity (Wildman–Crippen MR) is 246 cm³/mol. The molecule has 0 aromatic carbocycles. The van der Waals surface area contributed by atoms with Crippen molar-refractivity contribution >= 4 is 11.9 Å². The van der Waals surface area contributed by atoms with E-state index in [4.69, 9.17) is 4.74 Å². The van der Waals surface area contributed by atoms with Gasteiger partial charge in [-0.2, -0.15) is 0 Å². The van der Waals surface area contributed by atoms with Gasteiger partial charge in [-0.15, -0.1) is 0 Å². The second kappa shape index (κ2) is 47.0. The van der Waals surface area contributed by atoms with Gasteiger partial charge in [-0.05, 0) is 57.8 Å². The number of unbranched alkanes of at least 4 members (excludes halogenated alkanes) is 33. The molecule has 0 bridgehead atoms. The molecule has 57 heavy (non-hydrogen) atoms. The van der Waals surface area contributed by atoms with Crippen molar-refractivity contribution in [3.05, 3.63) is 24.3 Å². The Hall–Kier alpha value is -1.66. The average Bonchev–Trinajstić information content (AvgIpc) is 3.21. The van der Waals surface area contributed by atoms with Gasteiger partial charge in [-0.3, -0.25) is 9.59 Å². The number of ether oxygens (including phenoxy) is 1. The van der Waals surface area contributed by atoms with Crippen molar-refractivity contribution in [2.24, 2.45) is 0 Å². The van der Waals surface area contributed by atoms with Crippen LogP contribution >= 0.6 is 0 Å². The van der Waals surface area contributed by atoms with Gasteiger partial charge in [0.1, 0.15) is 0 Å². The van der Waals surface area contributed by atoms with E-state index >= 15 is 0 Å². The Kier molecular flexibility index (Phi) is 45.7. The largest absolute Gasteiger partial charge is 0.466 e. The van der Waals surface area contributed by atoms with Gasteiger partial charge in [0.05, 0.1) is 25.4 Å². The molecule has 0 aromatic heterocycles. The number of aliphatic hydroxyl groups excluding tert-OH is 2. The minimum Gasteiger partial charge on any atom is -0.466 e. The molecule has 0 aliphatic carbocycles. The number of nitrogens with one attached hydrogen (secondary N) is 1. The number of carbonyl (C=O) groups is 2. The number of rotatable bonds is 46. The van der Waals surface area contributed by atoms with Crippen LogP contribution in [0.1, 0.15) is 264 Å². The maximum atomic E-state index is 12.4. The zero-order valence-electron chi connectivity index (χ0n) is 38.1.